The van der Waals surface area contributed by atoms with Gasteiger partial charge < -0.3 is 10.1 Å². The summed E-state index contributed by atoms with van der Waals surface area (Å²) in [5.74, 6) is 0.988. The average molecular weight is 389 g/mol. The van der Waals surface area contributed by atoms with Crippen LogP contribution in [0.1, 0.15) is 29.3 Å². The Kier molecular flexibility index (Phi) is 5.16. The first kappa shape index (κ1) is 18.9. The minimum atomic E-state index is -0.245. The topological polar surface area (TPSA) is 73.2 Å². The first-order valence-corrected chi connectivity index (χ1v) is 9.65. The van der Waals surface area contributed by atoms with Gasteiger partial charge in [0.2, 0.25) is 5.91 Å². The molecule has 4 rings (SSSR count). The van der Waals surface area contributed by atoms with E-state index >= 15 is 0 Å². The minimum absolute atomic E-state index is 0.0164. The highest BCUT2D eigenvalue weighted by Gasteiger charge is 2.24. The molecule has 1 aliphatic carbocycles. The molecule has 1 heterocycles. The number of ether oxygens (including phenoxy) is 1. The number of rotatable bonds is 5. The largest absolute Gasteiger partial charge is 0.497 e. The summed E-state index contributed by atoms with van der Waals surface area (Å²) in [6.45, 7) is 1.69. The number of hydrogen-bond donors (Lipinski definition) is 1. The van der Waals surface area contributed by atoms with Gasteiger partial charge in [-0.25, -0.2) is 4.98 Å². The van der Waals surface area contributed by atoms with Gasteiger partial charge in [-0.15, -0.1) is 0 Å². The second-order valence-corrected chi connectivity index (χ2v) is 7.23. The zero-order valence-corrected chi connectivity index (χ0v) is 16.5. The van der Waals surface area contributed by atoms with Crippen molar-refractivity contribution in [2.24, 2.45) is 0 Å². The van der Waals surface area contributed by atoms with E-state index in [0.717, 1.165) is 24.0 Å². The second-order valence-electron chi connectivity index (χ2n) is 7.23. The lowest BCUT2D eigenvalue weighted by Gasteiger charge is -2.17. The molecular formula is C23H23N3O3. The Hall–Kier alpha value is -3.41. The molecule has 0 saturated carbocycles. The van der Waals surface area contributed by atoms with Gasteiger partial charge in [0.05, 0.1) is 13.2 Å². The van der Waals surface area contributed by atoms with Crippen molar-refractivity contribution in [3.05, 3.63) is 81.8 Å². The number of benzene rings is 2. The average Bonchev–Trinajstić information content (AvgIpc) is 3.13. The van der Waals surface area contributed by atoms with E-state index in [-0.39, 0.29) is 24.1 Å². The molecule has 0 aliphatic heterocycles. The summed E-state index contributed by atoms with van der Waals surface area (Å²) >= 11 is 0. The molecule has 0 unspecified atom stereocenters. The van der Waals surface area contributed by atoms with Crippen LogP contribution < -0.4 is 15.6 Å². The van der Waals surface area contributed by atoms with E-state index in [9.17, 15) is 9.59 Å². The predicted molar refractivity (Wildman–Crippen MR) is 111 cm³/mol. The third-order valence-corrected chi connectivity index (χ3v) is 5.25. The molecule has 6 nitrogen and oxygen atoms in total. The lowest BCUT2D eigenvalue weighted by atomic mass is 10.1. The number of hydrogen-bond acceptors (Lipinski definition) is 4. The van der Waals surface area contributed by atoms with Crippen molar-refractivity contribution < 1.29 is 9.53 Å². The number of fused-ring (bicyclic) bond motifs is 1. The summed E-state index contributed by atoms with van der Waals surface area (Å²) in [7, 11) is 1.60. The molecular weight excluding hydrogens is 366 g/mol. The number of nitrogens with one attached hydrogen (secondary N) is 1. The monoisotopic (exact) mass is 389 g/mol. The molecule has 0 spiro atoms. The molecule has 0 saturated heterocycles. The number of aryl methyl sites for hydroxylation is 2. The van der Waals surface area contributed by atoms with Gasteiger partial charge in [-0.2, -0.15) is 0 Å². The fourth-order valence-electron chi connectivity index (χ4n) is 3.82. The Morgan fingerprint density at radius 3 is 2.72 bits per heavy atom. The van der Waals surface area contributed by atoms with Crippen LogP contribution in [0.5, 0.6) is 5.75 Å². The molecule has 3 aromatic rings. The number of carbonyl (C=O) groups excluding carboxylic acids is 1. The number of methoxy groups -OCH3 is 1. The van der Waals surface area contributed by atoms with E-state index in [0.29, 0.717) is 17.3 Å². The van der Waals surface area contributed by atoms with Gasteiger partial charge in [0.25, 0.3) is 5.56 Å². The van der Waals surface area contributed by atoms with Crippen molar-refractivity contribution in [3.63, 3.8) is 0 Å². The van der Waals surface area contributed by atoms with Gasteiger partial charge in [-0.3, -0.25) is 14.2 Å². The maximum Gasteiger partial charge on any atom is 0.254 e. The van der Waals surface area contributed by atoms with Crippen LogP contribution in [0.4, 0.5) is 0 Å². The highest BCUT2D eigenvalue weighted by molar-refractivity contribution is 5.77. The van der Waals surface area contributed by atoms with Crippen LogP contribution in [0, 0.1) is 6.92 Å². The predicted octanol–water partition coefficient (Wildman–Crippen LogP) is 3.03. The van der Waals surface area contributed by atoms with Crippen molar-refractivity contribution in [1.29, 1.82) is 0 Å². The maximum atomic E-state index is 12.8. The Morgan fingerprint density at radius 1 is 1.21 bits per heavy atom. The third kappa shape index (κ3) is 3.92. The Labute approximate surface area is 169 Å². The zero-order valence-electron chi connectivity index (χ0n) is 16.5. The van der Waals surface area contributed by atoms with Gasteiger partial charge in [0, 0.05) is 17.3 Å². The molecule has 2 aromatic carbocycles. The molecule has 1 amide bonds. The summed E-state index contributed by atoms with van der Waals surface area (Å²) in [5.41, 5.74) is 3.55. The maximum absolute atomic E-state index is 12.8. The summed E-state index contributed by atoms with van der Waals surface area (Å²) < 4.78 is 6.62. The molecule has 0 radical (unpaired) electrons. The van der Waals surface area contributed by atoms with E-state index in [1.54, 1.807) is 14.0 Å². The van der Waals surface area contributed by atoms with Crippen LogP contribution in [-0.2, 0) is 17.8 Å². The van der Waals surface area contributed by atoms with Crippen LogP contribution in [0.25, 0.3) is 11.4 Å². The number of aromatic nitrogens is 2. The zero-order chi connectivity index (χ0) is 20.4. The van der Waals surface area contributed by atoms with Crippen molar-refractivity contribution in [1.82, 2.24) is 14.9 Å². The lowest BCUT2D eigenvalue weighted by Crippen LogP contribution is -2.35. The van der Waals surface area contributed by atoms with Gasteiger partial charge in [0.15, 0.2) is 0 Å². The van der Waals surface area contributed by atoms with Crippen molar-refractivity contribution in [2.45, 2.75) is 32.4 Å². The van der Waals surface area contributed by atoms with Gasteiger partial charge >= 0.3 is 0 Å². The first-order chi connectivity index (χ1) is 14.0. The standard InChI is InChI=1S/C23H23N3O3/c1-15-13-22(28)26(23(24-15)17-7-10-18(29-2)11-8-17)14-21(27)25-20-12-9-16-5-3-4-6-19(16)20/h3-8,10-11,13,20H,9,12,14H2,1-2H3,(H,25,27)/t20-/m1/s1. The van der Waals surface area contributed by atoms with Crippen LogP contribution in [0.15, 0.2) is 59.4 Å². The summed E-state index contributed by atoms with van der Waals surface area (Å²) in [4.78, 5) is 30.0. The summed E-state index contributed by atoms with van der Waals surface area (Å²) in [6, 6.07) is 16.9. The van der Waals surface area contributed by atoms with Crippen LogP contribution in [-0.4, -0.2) is 22.6 Å². The smallest absolute Gasteiger partial charge is 0.254 e. The number of amides is 1. The minimum Gasteiger partial charge on any atom is -0.497 e. The number of carbonyl (C=O) groups is 1. The summed E-state index contributed by atoms with van der Waals surface area (Å²) in [6.07, 6.45) is 1.82. The Bertz CT molecular complexity index is 1100. The molecule has 148 valence electrons. The lowest BCUT2D eigenvalue weighted by molar-refractivity contribution is -0.122. The van der Waals surface area contributed by atoms with Crippen LogP contribution >= 0.6 is 0 Å². The van der Waals surface area contributed by atoms with Crippen LogP contribution in [0.3, 0.4) is 0 Å². The molecule has 1 atom stereocenters. The number of nitrogens with zero attached hydrogens (tertiary/aromatic N) is 2. The van der Waals surface area contributed by atoms with Crippen LogP contribution in [0.2, 0.25) is 0 Å². The van der Waals surface area contributed by atoms with E-state index in [1.807, 2.05) is 36.4 Å². The van der Waals surface area contributed by atoms with Gasteiger partial charge in [-0.05, 0) is 55.2 Å². The molecule has 0 bridgehead atoms. The fraction of sp³-hybridized carbons (Fsp3) is 0.261. The molecule has 0 fully saturated rings. The SMILES string of the molecule is COc1ccc(-c2nc(C)cc(=O)n2CC(=O)N[C@@H]2CCc3ccccc32)cc1. The fourth-order valence-corrected chi connectivity index (χ4v) is 3.82. The highest BCUT2D eigenvalue weighted by atomic mass is 16.5. The molecule has 1 aromatic heterocycles. The summed E-state index contributed by atoms with van der Waals surface area (Å²) in [5, 5.41) is 3.08. The van der Waals surface area contributed by atoms with E-state index < -0.39 is 0 Å². The van der Waals surface area contributed by atoms with Crippen molar-refractivity contribution in [3.8, 4) is 17.1 Å². The second kappa shape index (κ2) is 7.91. The highest BCUT2D eigenvalue weighted by Crippen LogP contribution is 2.30. The van der Waals surface area contributed by atoms with E-state index in [4.69, 9.17) is 4.74 Å². The van der Waals surface area contributed by atoms with Crippen molar-refractivity contribution >= 4 is 5.91 Å². The first-order valence-electron chi connectivity index (χ1n) is 9.65. The molecule has 6 heteroatoms. The molecule has 1 N–H and O–H groups in total. The van der Waals surface area contributed by atoms with E-state index in [2.05, 4.69) is 22.4 Å². The normalized spacial score (nSPS) is 15.0. The Balaban J connectivity index is 1.60. The molecule has 1 aliphatic rings. The molecule has 29 heavy (non-hydrogen) atoms. The van der Waals surface area contributed by atoms with Gasteiger partial charge in [-0.1, -0.05) is 24.3 Å². The quantitative estimate of drug-likeness (QED) is 0.728. The Morgan fingerprint density at radius 2 is 1.97 bits per heavy atom. The van der Waals surface area contributed by atoms with Crippen molar-refractivity contribution in [2.75, 3.05) is 7.11 Å². The van der Waals surface area contributed by atoms with E-state index in [1.165, 1.54) is 16.2 Å². The van der Waals surface area contributed by atoms with Gasteiger partial charge in [0.1, 0.15) is 18.1 Å². The third-order valence-electron chi connectivity index (χ3n) is 5.25.